The minimum Gasteiger partial charge on any atom is -0.482 e. The van der Waals surface area contributed by atoms with Crippen molar-refractivity contribution in [3.8, 4) is 5.75 Å². The fourth-order valence-corrected chi connectivity index (χ4v) is 3.52. The molecule has 0 spiro atoms. The molecule has 0 saturated heterocycles. The van der Waals surface area contributed by atoms with Crippen LogP contribution in [0.3, 0.4) is 0 Å². The van der Waals surface area contributed by atoms with Crippen LogP contribution in [0.25, 0.3) is 0 Å². The summed E-state index contributed by atoms with van der Waals surface area (Å²) in [5, 5.41) is 2.97. The Hall–Kier alpha value is -2.82. The molecular weight excluding hydrogens is 366 g/mol. The lowest BCUT2D eigenvalue weighted by atomic mass is 9.87. The third-order valence-electron chi connectivity index (χ3n) is 5.15. The number of aryl methyl sites for hydroxylation is 1. The van der Waals surface area contributed by atoms with Gasteiger partial charge in [0.05, 0.1) is 6.04 Å². The second-order valence-electron chi connectivity index (χ2n) is 8.43. The van der Waals surface area contributed by atoms with Gasteiger partial charge in [-0.15, -0.1) is 0 Å². The van der Waals surface area contributed by atoms with E-state index in [1.165, 1.54) is 11.1 Å². The Bertz CT molecular complexity index is 852. The van der Waals surface area contributed by atoms with Crippen LogP contribution in [0, 0.1) is 0 Å². The van der Waals surface area contributed by atoms with E-state index >= 15 is 0 Å². The van der Waals surface area contributed by atoms with Crippen molar-refractivity contribution in [3.05, 3.63) is 65.2 Å². The average molecular weight is 395 g/mol. The van der Waals surface area contributed by atoms with Crippen molar-refractivity contribution >= 4 is 11.9 Å². The van der Waals surface area contributed by atoms with Crippen LogP contribution in [-0.2, 0) is 26.2 Å². The van der Waals surface area contributed by atoms with E-state index in [2.05, 4.69) is 32.2 Å². The molecule has 3 rings (SSSR count). The van der Waals surface area contributed by atoms with E-state index in [9.17, 15) is 9.59 Å². The Kier molecular flexibility index (Phi) is 6.57. The topological polar surface area (TPSA) is 64.6 Å². The van der Waals surface area contributed by atoms with Crippen molar-refractivity contribution in [3.63, 3.8) is 0 Å². The molecule has 0 aromatic heterocycles. The first-order chi connectivity index (χ1) is 13.8. The van der Waals surface area contributed by atoms with Crippen LogP contribution in [0.15, 0.2) is 48.5 Å². The highest BCUT2D eigenvalue weighted by atomic mass is 16.6. The third-order valence-corrected chi connectivity index (χ3v) is 5.15. The monoisotopic (exact) mass is 395 g/mol. The van der Waals surface area contributed by atoms with Crippen LogP contribution < -0.4 is 10.1 Å². The summed E-state index contributed by atoms with van der Waals surface area (Å²) in [6.07, 6.45) is 2.96. The zero-order valence-corrected chi connectivity index (χ0v) is 17.4. The van der Waals surface area contributed by atoms with Gasteiger partial charge in [-0.05, 0) is 53.5 Å². The van der Waals surface area contributed by atoms with Crippen molar-refractivity contribution in [1.29, 1.82) is 0 Å². The average Bonchev–Trinajstić information content (AvgIpc) is 2.71. The van der Waals surface area contributed by atoms with Crippen LogP contribution in [0.2, 0.25) is 0 Å². The molecule has 5 nitrogen and oxygen atoms in total. The van der Waals surface area contributed by atoms with Crippen LogP contribution in [0.5, 0.6) is 5.75 Å². The first-order valence-corrected chi connectivity index (χ1v) is 10.1. The molecule has 2 aromatic rings. The summed E-state index contributed by atoms with van der Waals surface area (Å²) < 4.78 is 10.5. The molecule has 29 heavy (non-hydrogen) atoms. The van der Waals surface area contributed by atoms with Gasteiger partial charge in [0, 0.05) is 0 Å². The number of ether oxygens (including phenoxy) is 2. The van der Waals surface area contributed by atoms with Crippen LogP contribution in [0.1, 0.15) is 56.3 Å². The molecule has 0 fully saturated rings. The first-order valence-electron chi connectivity index (χ1n) is 10.1. The lowest BCUT2D eigenvalue weighted by Crippen LogP contribution is -2.34. The molecule has 0 radical (unpaired) electrons. The fraction of sp³-hybridized carbons (Fsp3) is 0.417. The second-order valence-corrected chi connectivity index (χ2v) is 8.43. The summed E-state index contributed by atoms with van der Waals surface area (Å²) in [5.41, 5.74) is 3.67. The Balaban J connectivity index is 1.42. The number of rotatable bonds is 6. The van der Waals surface area contributed by atoms with Gasteiger partial charge < -0.3 is 14.8 Å². The Morgan fingerprint density at radius 2 is 1.76 bits per heavy atom. The molecular formula is C24H29NO4. The molecule has 154 valence electrons. The van der Waals surface area contributed by atoms with E-state index in [1.54, 1.807) is 0 Å². The number of amides is 1. The lowest BCUT2D eigenvalue weighted by molar-refractivity contribution is -0.150. The van der Waals surface area contributed by atoms with Gasteiger partial charge in [0.1, 0.15) is 5.75 Å². The number of nitrogens with one attached hydrogen (secondary N) is 1. The molecule has 1 aliphatic rings. The highest BCUT2D eigenvalue weighted by molar-refractivity contribution is 5.81. The van der Waals surface area contributed by atoms with Gasteiger partial charge in [0.25, 0.3) is 5.91 Å². The summed E-state index contributed by atoms with van der Waals surface area (Å²) in [5.74, 6) is -0.267. The third kappa shape index (κ3) is 5.83. The van der Waals surface area contributed by atoms with E-state index in [0.29, 0.717) is 5.75 Å². The Morgan fingerprint density at radius 1 is 1.03 bits per heavy atom. The highest BCUT2D eigenvalue weighted by Gasteiger charge is 2.21. The smallest absolute Gasteiger partial charge is 0.344 e. The van der Waals surface area contributed by atoms with Crippen LogP contribution in [0.4, 0.5) is 0 Å². The summed E-state index contributed by atoms with van der Waals surface area (Å²) >= 11 is 0. The molecule has 1 atom stereocenters. The summed E-state index contributed by atoms with van der Waals surface area (Å²) in [7, 11) is 0. The fourth-order valence-electron chi connectivity index (χ4n) is 3.52. The number of benzene rings is 2. The maximum atomic E-state index is 12.2. The second kappa shape index (κ2) is 9.12. The highest BCUT2D eigenvalue weighted by Crippen LogP contribution is 2.29. The SMILES string of the molecule is CC(C)(C)c1ccc(OCC(=O)OCC(=O)N[C@@H]2CCCc3ccccc32)cc1. The number of carbonyl (C=O) groups excluding carboxylic acids is 2. The van der Waals surface area contributed by atoms with Gasteiger partial charge in [-0.1, -0.05) is 57.2 Å². The van der Waals surface area contributed by atoms with E-state index < -0.39 is 5.97 Å². The molecule has 1 N–H and O–H groups in total. The zero-order valence-electron chi connectivity index (χ0n) is 17.4. The minimum absolute atomic E-state index is 0.0243. The minimum atomic E-state index is -0.566. The molecule has 0 saturated carbocycles. The number of fused-ring (bicyclic) bond motifs is 1. The van der Waals surface area contributed by atoms with Gasteiger partial charge in [0.2, 0.25) is 0 Å². The number of hydrogen-bond donors (Lipinski definition) is 1. The number of esters is 1. The van der Waals surface area contributed by atoms with Gasteiger partial charge >= 0.3 is 5.97 Å². The standard InChI is InChI=1S/C24H29NO4/c1-24(2,3)18-11-13-19(14-12-18)28-16-23(27)29-15-22(26)25-21-10-6-8-17-7-4-5-9-20(17)21/h4-5,7,9,11-14,21H,6,8,10,15-16H2,1-3H3,(H,25,26)/t21-/m1/s1. The Morgan fingerprint density at radius 3 is 2.48 bits per heavy atom. The lowest BCUT2D eigenvalue weighted by Gasteiger charge is -2.26. The maximum Gasteiger partial charge on any atom is 0.344 e. The van der Waals surface area contributed by atoms with Crippen molar-refractivity contribution in [2.45, 2.75) is 51.5 Å². The van der Waals surface area contributed by atoms with E-state index in [4.69, 9.17) is 9.47 Å². The molecule has 0 aliphatic heterocycles. The van der Waals surface area contributed by atoms with Crippen LogP contribution >= 0.6 is 0 Å². The van der Waals surface area contributed by atoms with Crippen molar-refractivity contribution < 1.29 is 19.1 Å². The molecule has 1 aliphatic carbocycles. The number of hydrogen-bond acceptors (Lipinski definition) is 4. The first kappa shape index (κ1) is 20.9. The summed E-state index contributed by atoms with van der Waals surface area (Å²) in [6, 6.07) is 15.7. The van der Waals surface area contributed by atoms with Crippen molar-refractivity contribution in [2.24, 2.45) is 0 Å². The summed E-state index contributed by atoms with van der Waals surface area (Å²) in [4.78, 5) is 24.1. The molecule has 5 heteroatoms. The van der Waals surface area contributed by atoms with Gasteiger partial charge in [-0.3, -0.25) is 4.79 Å². The summed E-state index contributed by atoms with van der Waals surface area (Å²) in [6.45, 7) is 5.88. The van der Waals surface area contributed by atoms with Crippen molar-refractivity contribution in [1.82, 2.24) is 5.32 Å². The molecule has 0 unspecified atom stereocenters. The quantitative estimate of drug-likeness (QED) is 0.748. The molecule has 2 aromatic carbocycles. The predicted octanol–water partition coefficient (Wildman–Crippen LogP) is 4.10. The van der Waals surface area contributed by atoms with Gasteiger partial charge in [-0.25, -0.2) is 4.79 Å². The van der Waals surface area contributed by atoms with E-state index in [0.717, 1.165) is 24.8 Å². The van der Waals surface area contributed by atoms with Crippen molar-refractivity contribution in [2.75, 3.05) is 13.2 Å². The van der Waals surface area contributed by atoms with Crippen LogP contribution in [-0.4, -0.2) is 25.1 Å². The van der Waals surface area contributed by atoms with Gasteiger partial charge in [0.15, 0.2) is 13.2 Å². The number of carbonyl (C=O) groups is 2. The molecule has 1 amide bonds. The zero-order chi connectivity index (χ0) is 20.9. The molecule has 0 heterocycles. The largest absolute Gasteiger partial charge is 0.482 e. The maximum absolute atomic E-state index is 12.2. The Labute approximate surface area is 172 Å². The normalized spacial score (nSPS) is 15.9. The van der Waals surface area contributed by atoms with E-state index in [1.807, 2.05) is 42.5 Å². The molecule has 0 bridgehead atoms. The van der Waals surface area contributed by atoms with E-state index in [-0.39, 0.29) is 30.6 Å². The predicted molar refractivity (Wildman–Crippen MR) is 112 cm³/mol. The van der Waals surface area contributed by atoms with Gasteiger partial charge in [-0.2, -0.15) is 0 Å².